The second kappa shape index (κ2) is 6.94. The molecule has 136 valence electrons. The second-order valence-electron chi connectivity index (χ2n) is 6.52. The lowest BCUT2D eigenvalue weighted by molar-refractivity contribution is -0.121. The molecule has 1 atom stereocenters. The Kier molecular flexibility index (Phi) is 4.64. The van der Waals surface area contributed by atoms with Gasteiger partial charge in [-0.05, 0) is 37.0 Å². The maximum Gasteiger partial charge on any atom is 0.240 e. The van der Waals surface area contributed by atoms with Gasteiger partial charge in [0.1, 0.15) is 0 Å². The number of hydrazone groups is 1. The van der Waals surface area contributed by atoms with Crippen LogP contribution in [-0.2, 0) is 27.7 Å². The number of rotatable bonds is 4. The monoisotopic (exact) mass is 389 g/mol. The molecule has 1 amide bonds. The Labute approximate surface area is 156 Å². The fourth-order valence-electron chi connectivity index (χ4n) is 3.41. The van der Waals surface area contributed by atoms with E-state index in [0.29, 0.717) is 24.2 Å². The van der Waals surface area contributed by atoms with Crippen LogP contribution >= 0.6 is 11.3 Å². The summed E-state index contributed by atoms with van der Waals surface area (Å²) in [6.45, 7) is 0. The minimum Gasteiger partial charge on any atom is -0.273 e. The summed E-state index contributed by atoms with van der Waals surface area (Å²) in [5.41, 5.74) is 5.82. The molecular formula is C18H19N3O3S2. The summed E-state index contributed by atoms with van der Waals surface area (Å²) in [5.74, 6) is -0.0479. The Morgan fingerprint density at radius 1 is 1.15 bits per heavy atom. The predicted octanol–water partition coefficient (Wildman–Crippen LogP) is 2.20. The number of thiophene rings is 1. The molecule has 0 fully saturated rings. The molecule has 0 saturated carbocycles. The van der Waals surface area contributed by atoms with Crippen LogP contribution in [0.2, 0.25) is 0 Å². The highest BCUT2D eigenvalue weighted by molar-refractivity contribution is 7.89. The van der Waals surface area contributed by atoms with Gasteiger partial charge in [0.05, 0.1) is 10.6 Å². The van der Waals surface area contributed by atoms with Crippen LogP contribution in [-0.4, -0.2) is 26.1 Å². The Morgan fingerprint density at radius 3 is 2.69 bits per heavy atom. The molecule has 6 nitrogen and oxygen atoms in total. The Bertz CT molecular complexity index is 965. The summed E-state index contributed by atoms with van der Waals surface area (Å²) in [5, 5.41) is 6.27. The van der Waals surface area contributed by atoms with Crippen molar-refractivity contribution < 1.29 is 13.2 Å². The van der Waals surface area contributed by atoms with Gasteiger partial charge in [-0.1, -0.05) is 18.2 Å². The zero-order chi connectivity index (χ0) is 18.1. The number of nitrogens with one attached hydrogen (secondary N) is 2. The van der Waals surface area contributed by atoms with Crippen LogP contribution in [0.3, 0.4) is 0 Å². The summed E-state index contributed by atoms with van der Waals surface area (Å²) in [6, 6.07) is 8.36. The molecule has 0 spiro atoms. The lowest BCUT2D eigenvalue weighted by Gasteiger charge is -2.24. The van der Waals surface area contributed by atoms with Gasteiger partial charge in [0, 0.05) is 34.7 Å². The summed E-state index contributed by atoms with van der Waals surface area (Å²) in [4.78, 5) is 12.8. The van der Waals surface area contributed by atoms with Crippen molar-refractivity contribution in [3.05, 3.63) is 51.7 Å². The molecule has 2 heterocycles. The van der Waals surface area contributed by atoms with E-state index >= 15 is 0 Å². The third-order valence-electron chi connectivity index (χ3n) is 4.75. The zero-order valence-electron chi connectivity index (χ0n) is 14.1. The fourth-order valence-corrected chi connectivity index (χ4v) is 5.89. The van der Waals surface area contributed by atoms with Crippen LogP contribution in [0.1, 0.15) is 35.3 Å². The van der Waals surface area contributed by atoms with Gasteiger partial charge < -0.3 is 0 Å². The SMILES string of the molecule is O=C1CCC(c2csc3c2CCC(NS(=O)(=O)c2ccccc2)C3)=NN1. The minimum absolute atomic E-state index is 0.0479. The second-order valence-corrected chi connectivity index (χ2v) is 9.20. The number of benzene rings is 1. The molecule has 26 heavy (non-hydrogen) atoms. The largest absolute Gasteiger partial charge is 0.273 e. The average Bonchev–Trinajstić information content (AvgIpc) is 3.06. The molecule has 0 bridgehead atoms. The van der Waals surface area contributed by atoms with E-state index in [-0.39, 0.29) is 11.9 Å². The molecule has 1 aliphatic heterocycles. The van der Waals surface area contributed by atoms with Crippen molar-refractivity contribution in [3.63, 3.8) is 0 Å². The molecule has 4 rings (SSSR count). The van der Waals surface area contributed by atoms with E-state index in [9.17, 15) is 13.2 Å². The highest BCUT2D eigenvalue weighted by atomic mass is 32.2. The van der Waals surface area contributed by atoms with E-state index in [1.54, 1.807) is 41.7 Å². The van der Waals surface area contributed by atoms with Crippen LogP contribution in [0.4, 0.5) is 0 Å². The van der Waals surface area contributed by atoms with Crippen molar-refractivity contribution in [3.8, 4) is 0 Å². The summed E-state index contributed by atoms with van der Waals surface area (Å²) >= 11 is 1.64. The van der Waals surface area contributed by atoms with Gasteiger partial charge in [-0.2, -0.15) is 5.10 Å². The maximum absolute atomic E-state index is 12.5. The zero-order valence-corrected chi connectivity index (χ0v) is 15.7. The van der Waals surface area contributed by atoms with Crippen LogP contribution in [0.15, 0.2) is 45.7 Å². The number of hydrogen-bond acceptors (Lipinski definition) is 5. The normalized spacial score (nSPS) is 20.2. The van der Waals surface area contributed by atoms with Crippen molar-refractivity contribution in [1.29, 1.82) is 0 Å². The Hall–Kier alpha value is -2.03. The Morgan fingerprint density at radius 2 is 1.96 bits per heavy atom. The minimum atomic E-state index is -3.50. The van der Waals surface area contributed by atoms with Crippen molar-refractivity contribution in [2.45, 2.75) is 43.0 Å². The third kappa shape index (κ3) is 3.44. The number of hydrogen-bond donors (Lipinski definition) is 2. The number of carbonyl (C=O) groups excluding carboxylic acids is 1. The molecule has 1 aromatic carbocycles. The molecule has 2 aromatic rings. The molecule has 0 saturated heterocycles. The Balaban J connectivity index is 1.50. The van der Waals surface area contributed by atoms with Gasteiger partial charge in [-0.25, -0.2) is 18.6 Å². The molecule has 2 N–H and O–H groups in total. The van der Waals surface area contributed by atoms with Crippen LogP contribution < -0.4 is 10.1 Å². The van der Waals surface area contributed by atoms with E-state index in [2.05, 4.69) is 20.6 Å². The first-order chi connectivity index (χ1) is 12.5. The molecule has 1 unspecified atom stereocenters. The van der Waals surface area contributed by atoms with E-state index in [4.69, 9.17) is 0 Å². The fraction of sp³-hybridized carbons (Fsp3) is 0.333. The quantitative estimate of drug-likeness (QED) is 0.840. The van der Waals surface area contributed by atoms with Crippen molar-refractivity contribution >= 4 is 33.0 Å². The van der Waals surface area contributed by atoms with Crippen LogP contribution in [0.5, 0.6) is 0 Å². The molecule has 2 aliphatic rings. The number of fused-ring (bicyclic) bond motifs is 1. The third-order valence-corrected chi connectivity index (χ3v) is 7.33. The van der Waals surface area contributed by atoms with E-state index in [1.165, 1.54) is 10.4 Å². The molecular weight excluding hydrogens is 370 g/mol. The standard InChI is InChI=1S/C18H19N3O3S2/c22-18-9-8-16(19-20-18)15-11-25-17-10-12(6-7-14(15)17)21-26(23,24)13-4-2-1-3-5-13/h1-5,11-12,21H,6-10H2,(H,20,22). The highest BCUT2D eigenvalue weighted by Gasteiger charge is 2.28. The van der Waals surface area contributed by atoms with Gasteiger partial charge in [-0.3, -0.25) is 4.79 Å². The number of sulfonamides is 1. The van der Waals surface area contributed by atoms with Crippen molar-refractivity contribution in [2.24, 2.45) is 5.10 Å². The van der Waals surface area contributed by atoms with Gasteiger partial charge in [0.25, 0.3) is 0 Å². The molecule has 0 radical (unpaired) electrons. The van der Waals surface area contributed by atoms with E-state index in [1.807, 2.05) is 0 Å². The van der Waals surface area contributed by atoms with E-state index < -0.39 is 10.0 Å². The lowest BCUT2D eigenvalue weighted by atomic mass is 9.90. The number of amides is 1. The van der Waals surface area contributed by atoms with Crippen molar-refractivity contribution in [2.75, 3.05) is 0 Å². The average molecular weight is 390 g/mol. The maximum atomic E-state index is 12.5. The smallest absolute Gasteiger partial charge is 0.240 e. The number of nitrogens with zero attached hydrogens (tertiary/aromatic N) is 1. The first-order valence-corrected chi connectivity index (χ1v) is 10.9. The van der Waals surface area contributed by atoms with Crippen molar-refractivity contribution in [1.82, 2.24) is 10.1 Å². The lowest BCUT2D eigenvalue weighted by Crippen LogP contribution is -2.38. The molecule has 8 heteroatoms. The van der Waals surface area contributed by atoms with Crippen LogP contribution in [0.25, 0.3) is 0 Å². The molecule has 1 aliphatic carbocycles. The summed E-state index contributed by atoms with van der Waals surface area (Å²) in [7, 11) is -3.50. The first kappa shape index (κ1) is 17.4. The van der Waals surface area contributed by atoms with Crippen LogP contribution in [0, 0.1) is 0 Å². The predicted molar refractivity (Wildman–Crippen MR) is 101 cm³/mol. The number of carbonyl (C=O) groups is 1. The van der Waals surface area contributed by atoms with Gasteiger partial charge in [-0.15, -0.1) is 11.3 Å². The van der Waals surface area contributed by atoms with Gasteiger partial charge in [0.2, 0.25) is 15.9 Å². The topological polar surface area (TPSA) is 87.6 Å². The highest BCUT2D eigenvalue weighted by Crippen LogP contribution is 2.32. The van der Waals surface area contributed by atoms with E-state index in [0.717, 1.165) is 24.1 Å². The summed E-state index contributed by atoms with van der Waals surface area (Å²) < 4.78 is 27.9. The van der Waals surface area contributed by atoms with Gasteiger partial charge in [0.15, 0.2) is 0 Å². The summed E-state index contributed by atoms with van der Waals surface area (Å²) in [6.07, 6.45) is 3.36. The van der Waals surface area contributed by atoms with Gasteiger partial charge >= 0.3 is 0 Å². The molecule has 1 aromatic heterocycles. The first-order valence-electron chi connectivity index (χ1n) is 8.55.